The average Bonchev–Trinajstić information content (AvgIpc) is 2.71. The number of hydrogen-bond acceptors (Lipinski definition) is 4. The third-order valence-corrected chi connectivity index (χ3v) is 2.64. The molecular formula is C9H7NO2S. The van der Waals surface area contributed by atoms with E-state index in [0.717, 1.165) is 22.6 Å². The Labute approximate surface area is 79.0 Å². The van der Waals surface area contributed by atoms with Gasteiger partial charge < -0.3 is 4.52 Å². The van der Waals surface area contributed by atoms with Gasteiger partial charge >= 0.3 is 0 Å². The lowest BCUT2D eigenvalue weighted by molar-refractivity contribution is 0.112. The first-order chi connectivity index (χ1) is 6.29. The van der Waals surface area contributed by atoms with Crippen LogP contribution in [0.25, 0.3) is 10.6 Å². The molecule has 66 valence electrons. The molecule has 2 heterocycles. The minimum Gasteiger partial charge on any atom is -0.355 e. The van der Waals surface area contributed by atoms with Crippen LogP contribution in [0.15, 0.2) is 22.7 Å². The zero-order valence-electron chi connectivity index (χ0n) is 6.98. The van der Waals surface area contributed by atoms with Crippen LogP contribution in [0.3, 0.4) is 0 Å². The van der Waals surface area contributed by atoms with Crippen molar-refractivity contribution in [2.24, 2.45) is 0 Å². The van der Waals surface area contributed by atoms with Crippen LogP contribution in [0.2, 0.25) is 0 Å². The number of carbonyl (C=O) groups is 1. The fourth-order valence-corrected chi connectivity index (χ4v) is 1.80. The molecule has 3 nitrogen and oxygen atoms in total. The minimum absolute atomic E-state index is 0.698. The second-order valence-electron chi connectivity index (χ2n) is 2.65. The molecule has 0 aromatic carbocycles. The van der Waals surface area contributed by atoms with Crippen LogP contribution in [0.4, 0.5) is 0 Å². The first kappa shape index (κ1) is 8.19. The van der Waals surface area contributed by atoms with E-state index in [1.54, 1.807) is 6.07 Å². The normalized spacial score (nSPS) is 10.2. The maximum absolute atomic E-state index is 10.4. The van der Waals surface area contributed by atoms with Crippen molar-refractivity contribution in [2.45, 2.75) is 6.92 Å². The highest BCUT2D eigenvalue weighted by atomic mass is 32.1. The number of hydrogen-bond donors (Lipinski definition) is 0. The SMILES string of the molecule is Cc1cc(-c2ccc(C=O)s2)on1. The molecule has 0 spiro atoms. The molecule has 2 aromatic heterocycles. The summed E-state index contributed by atoms with van der Waals surface area (Å²) in [5.74, 6) is 0.718. The Morgan fingerprint density at radius 3 is 2.92 bits per heavy atom. The highest BCUT2D eigenvalue weighted by molar-refractivity contribution is 7.16. The highest BCUT2D eigenvalue weighted by Crippen LogP contribution is 2.27. The van der Waals surface area contributed by atoms with E-state index in [-0.39, 0.29) is 0 Å². The van der Waals surface area contributed by atoms with Crippen LogP contribution in [-0.4, -0.2) is 11.4 Å². The minimum atomic E-state index is 0.698. The second kappa shape index (κ2) is 3.14. The van der Waals surface area contributed by atoms with Gasteiger partial charge in [0, 0.05) is 6.07 Å². The largest absolute Gasteiger partial charge is 0.355 e. The van der Waals surface area contributed by atoms with Crippen molar-refractivity contribution in [3.63, 3.8) is 0 Å². The van der Waals surface area contributed by atoms with Gasteiger partial charge in [-0.05, 0) is 19.1 Å². The van der Waals surface area contributed by atoms with Crippen LogP contribution in [0.5, 0.6) is 0 Å². The number of rotatable bonds is 2. The lowest BCUT2D eigenvalue weighted by Gasteiger charge is -1.83. The van der Waals surface area contributed by atoms with E-state index in [9.17, 15) is 4.79 Å². The third-order valence-electron chi connectivity index (χ3n) is 1.61. The summed E-state index contributed by atoms with van der Waals surface area (Å²) < 4.78 is 5.05. The van der Waals surface area contributed by atoms with Crippen molar-refractivity contribution >= 4 is 17.6 Å². The quantitative estimate of drug-likeness (QED) is 0.688. The Balaban J connectivity index is 2.40. The second-order valence-corrected chi connectivity index (χ2v) is 3.77. The Hall–Kier alpha value is -1.42. The molecular weight excluding hydrogens is 186 g/mol. The Morgan fingerprint density at radius 2 is 2.38 bits per heavy atom. The van der Waals surface area contributed by atoms with Crippen molar-refractivity contribution in [3.8, 4) is 10.6 Å². The Morgan fingerprint density at radius 1 is 1.54 bits per heavy atom. The molecule has 2 rings (SSSR count). The first-order valence-electron chi connectivity index (χ1n) is 3.78. The Bertz CT molecular complexity index is 430. The standard InChI is InChI=1S/C9H7NO2S/c1-6-4-8(12-10-6)9-3-2-7(5-11)13-9/h2-5H,1H3. The van der Waals surface area contributed by atoms with Crippen LogP contribution < -0.4 is 0 Å². The molecule has 0 aliphatic carbocycles. The van der Waals surface area contributed by atoms with Crippen molar-refractivity contribution in [2.75, 3.05) is 0 Å². The summed E-state index contributed by atoms with van der Waals surface area (Å²) in [6.07, 6.45) is 0.831. The molecule has 0 fully saturated rings. The fourth-order valence-electron chi connectivity index (χ4n) is 1.03. The van der Waals surface area contributed by atoms with Crippen molar-refractivity contribution in [1.29, 1.82) is 0 Å². The van der Waals surface area contributed by atoms with E-state index in [2.05, 4.69) is 5.16 Å². The number of aldehydes is 1. The molecule has 0 N–H and O–H groups in total. The molecule has 0 bridgehead atoms. The van der Waals surface area contributed by atoms with Crippen molar-refractivity contribution in [1.82, 2.24) is 5.16 Å². The maximum atomic E-state index is 10.4. The summed E-state index contributed by atoms with van der Waals surface area (Å²) in [6.45, 7) is 1.86. The van der Waals surface area contributed by atoms with Crippen molar-refractivity contribution < 1.29 is 9.32 Å². The van der Waals surface area contributed by atoms with Gasteiger partial charge in [-0.2, -0.15) is 0 Å². The van der Waals surface area contributed by atoms with E-state index in [1.165, 1.54) is 11.3 Å². The molecule has 2 aromatic rings. The van der Waals surface area contributed by atoms with Crippen LogP contribution in [0, 0.1) is 6.92 Å². The van der Waals surface area contributed by atoms with E-state index in [0.29, 0.717) is 4.88 Å². The summed E-state index contributed by atoms with van der Waals surface area (Å²) in [5, 5.41) is 3.77. The molecule has 0 saturated carbocycles. The van der Waals surface area contributed by atoms with Gasteiger partial charge in [0.2, 0.25) is 0 Å². The highest BCUT2D eigenvalue weighted by Gasteiger charge is 2.06. The Kier molecular flexibility index (Phi) is 1.98. The van der Waals surface area contributed by atoms with E-state index in [4.69, 9.17) is 4.52 Å². The van der Waals surface area contributed by atoms with Gasteiger partial charge in [-0.15, -0.1) is 11.3 Å². The number of carbonyl (C=O) groups excluding carboxylic acids is 1. The van der Waals surface area contributed by atoms with Gasteiger partial charge in [-0.1, -0.05) is 5.16 Å². The zero-order valence-corrected chi connectivity index (χ0v) is 7.80. The maximum Gasteiger partial charge on any atom is 0.177 e. The molecule has 0 atom stereocenters. The van der Waals surface area contributed by atoms with Gasteiger partial charge in [0.05, 0.1) is 15.4 Å². The molecule has 0 radical (unpaired) electrons. The lowest BCUT2D eigenvalue weighted by atomic mass is 10.3. The van der Waals surface area contributed by atoms with E-state index >= 15 is 0 Å². The van der Waals surface area contributed by atoms with Gasteiger partial charge in [0.15, 0.2) is 12.0 Å². The van der Waals surface area contributed by atoms with Gasteiger partial charge in [-0.3, -0.25) is 4.79 Å². The van der Waals surface area contributed by atoms with Crippen LogP contribution in [0.1, 0.15) is 15.4 Å². The topological polar surface area (TPSA) is 43.1 Å². The summed E-state index contributed by atoms with van der Waals surface area (Å²) in [7, 11) is 0. The molecule has 0 aliphatic rings. The smallest absolute Gasteiger partial charge is 0.177 e. The van der Waals surface area contributed by atoms with Crippen LogP contribution >= 0.6 is 11.3 Å². The summed E-state index contributed by atoms with van der Waals surface area (Å²) >= 11 is 1.40. The molecule has 0 unspecified atom stereocenters. The summed E-state index contributed by atoms with van der Waals surface area (Å²) in [5.41, 5.74) is 0.844. The van der Waals surface area contributed by atoms with Crippen LogP contribution in [-0.2, 0) is 0 Å². The first-order valence-corrected chi connectivity index (χ1v) is 4.60. The lowest BCUT2D eigenvalue weighted by Crippen LogP contribution is -1.63. The van der Waals surface area contributed by atoms with E-state index < -0.39 is 0 Å². The molecule has 0 aliphatic heterocycles. The number of thiophene rings is 1. The monoisotopic (exact) mass is 193 g/mol. The summed E-state index contributed by atoms with van der Waals surface area (Å²) in [4.78, 5) is 12.1. The number of aromatic nitrogens is 1. The molecule has 13 heavy (non-hydrogen) atoms. The molecule has 4 heteroatoms. The molecule has 0 saturated heterocycles. The zero-order chi connectivity index (χ0) is 9.26. The van der Waals surface area contributed by atoms with Gasteiger partial charge in [-0.25, -0.2) is 0 Å². The van der Waals surface area contributed by atoms with Crippen molar-refractivity contribution in [3.05, 3.63) is 28.8 Å². The fraction of sp³-hybridized carbons (Fsp3) is 0.111. The summed E-state index contributed by atoms with van der Waals surface area (Å²) in [6, 6.07) is 5.47. The number of nitrogens with zero attached hydrogens (tertiary/aromatic N) is 1. The third kappa shape index (κ3) is 1.53. The van der Waals surface area contributed by atoms with Gasteiger partial charge in [0.1, 0.15) is 0 Å². The predicted molar refractivity (Wildman–Crippen MR) is 49.9 cm³/mol. The number of aryl methyl sites for hydroxylation is 1. The molecule has 0 amide bonds. The van der Waals surface area contributed by atoms with E-state index in [1.807, 2.05) is 19.1 Å². The van der Waals surface area contributed by atoms with Gasteiger partial charge in [0.25, 0.3) is 0 Å². The average molecular weight is 193 g/mol. The predicted octanol–water partition coefficient (Wildman–Crippen LogP) is 2.52.